The van der Waals surface area contributed by atoms with E-state index in [2.05, 4.69) is 74.5 Å². The molecule has 0 aliphatic rings. The molecule has 0 saturated carbocycles. The van der Waals surface area contributed by atoms with Crippen LogP contribution in [0.1, 0.15) is 37.8 Å². The minimum absolute atomic E-state index is 0.949. The van der Waals surface area contributed by atoms with Crippen LogP contribution in [0, 0.1) is 0 Å². The molecule has 0 aliphatic carbocycles. The maximum atomic E-state index is 6.33. The molecule has 148 valence electrons. The highest BCUT2D eigenvalue weighted by Crippen LogP contribution is 2.40. The summed E-state index contributed by atoms with van der Waals surface area (Å²) < 4.78 is 12.7. The third kappa shape index (κ3) is 2.50. The Hall–Kier alpha value is -3.26. The van der Waals surface area contributed by atoms with Gasteiger partial charge in [-0.25, -0.2) is 0 Å². The normalized spacial score (nSPS) is 12.2. The number of fused-ring (bicyclic) bond motifs is 9. The van der Waals surface area contributed by atoms with Crippen molar-refractivity contribution in [2.45, 2.75) is 39.5 Å². The third-order valence-electron chi connectivity index (χ3n) is 6.27. The van der Waals surface area contributed by atoms with Gasteiger partial charge in [0.05, 0.1) is 0 Å². The Labute approximate surface area is 175 Å². The van der Waals surface area contributed by atoms with E-state index in [9.17, 15) is 0 Å². The van der Waals surface area contributed by atoms with Gasteiger partial charge in [0, 0.05) is 32.3 Å². The zero-order chi connectivity index (χ0) is 20.2. The maximum absolute atomic E-state index is 6.33. The van der Waals surface area contributed by atoms with E-state index in [0.717, 1.165) is 58.8 Å². The molecule has 6 rings (SSSR count). The van der Waals surface area contributed by atoms with Crippen molar-refractivity contribution in [1.29, 1.82) is 0 Å². The van der Waals surface area contributed by atoms with Gasteiger partial charge in [0.15, 0.2) is 0 Å². The highest BCUT2D eigenvalue weighted by molar-refractivity contribution is 6.22. The van der Waals surface area contributed by atoms with E-state index in [4.69, 9.17) is 8.83 Å². The first-order valence-electron chi connectivity index (χ1n) is 11.0. The number of benzene rings is 4. The highest BCUT2D eigenvalue weighted by atomic mass is 16.3. The lowest BCUT2D eigenvalue weighted by atomic mass is 10.0. The first-order chi connectivity index (χ1) is 14.8. The smallest absolute Gasteiger partial charge is 0.143 e. The summed E-state index contributed by atoms with van der Waals surface area (Å²) in [5.41, 5.74) is 6.53. The molecule has 0 saturated heterocycles. The van der Waals surface area contributed by atoms with Crippen molar-refractivity contribution >= 4 is 54.6 Å². The van der Waals surface area contributed by atoms with Gasteiger partial charge < -0.3 is 8.83 Å². The molecule has 0 atom stereocenters. The van der Waals surface area contributed by atoms with Crippen LogP contribution in [0.15, 0.2) is 69.5 Å². The van der Waals surface area contributed by atoms with Crippen LogP contribution in [0.25, 0.3) is 54.6 Å². The molecule has 0 aliphatic heterocycles. The maximum Gasteiger partial charge on any atom is 0.143 e. The highest BCUT2D eigenvalue weighted by Gasteiger charge is 2.16. The van der Waals surface area contributed by atoms with Crippen LogP contribution in [0.3, 0.4) is 0 Å². The van der Waals surface area contributed by atoms with Crippen LogP contribution in [0.2, 0.25) is 0 Å². The van der Waals surface area contributed by atoms with Crippen molar-refractivity contribution in [3.05, 3.63) is 71.8 Å². The monoisotopic (exact) mass is 392 g/mol. The fourth-order valence-electron chi connectivity index (χ4n) is 4.86. The molecule has 2 aromatic heterocycles. The van der Waals surface area contributed by atoms with Gasteiger partial charge in [0.1, 0.15) is 22.3 Å². The number of aryl methyl sites for hydroxylation is 2. The van der Waals surface area contributed by atoms with E-state index in [1.165, 1.54) is 32.7 Å². The summed E-state index contributed by atoms with van der Waals surface area (Å²) in [7, 11) is 0. The van der Waals surface area contributed by atoms with Gasteiger partial charge >= 0.3 is 0 Å². The number of hydrogen-bond acceptors (Lipinski definition) is 2. The van der Waals surface area contributed by atoms with E-state index in [1.54, 1.807) is 0 Å². The molecule has 0 amide bonds. The standard InChI is InChI=1S/C28H24O2/c1-3-5-17-7-13-25-23(15-17)21-11-9-20-19(27(21)29-25)10-12-22-24-16-18(6-4-2)8-14-26(24)30-28(20)22/h7-16H,3-6H2,1-2H3. The largest absolute Gasteiger partial charge is 0.455 e. The summed E-state index contributed by atoms with van der Waals surface area (Å²) in [4.78, 5) is 0. The molecule has 30 heavy (non-hydrogen) atoms. The fraction of sp³-hybridized carbons (Fsp3) is 0.214. The summed E-state index contributed by atoms with van der Waals surface area (Å²) in [6.45, 7) is 4.43. The van der Waals surface area contributed by atoms with E-state index in [0.29, 0.717) is 0 Å². The molecule has 2 heteroatoms. The van der Waals surface area contributed by atoms with Gasteiger partial charge in [-0.2, -0.15) is 0 Å². The summed E-state index contributed by atoms with van der Waals surface area (Å²) in [6, 6.07) is 21.9. The van der Waals surface area contributed by atoms with E-state index >= 15 is 0 Å². The Balaban J connectivity index is 1.64. The Morgan fingerprint density at radius 2 is 0.900 bits per heavy atom. The van der Waals surface area contributed by atoms with Gasteiger partial charge in [-0.05, 0) is 72.5 Å². The third-order valence-corrected chi connectivity index (χ3v) is 6.27. The van der Waals surface area contributed by atoms with Crippen LogP contribution in [0.4, 0.5) is 0 Å². The van der Waals surface area contributed by atoms with Gasteiger partial charge in [0.2, 0.25) is 0 Å². The SMILES string of the molecule is CCCc1ccc2oc3c(ccc4c3ccc3c5cc(CCC)ccc5oc34)c2c1. The summed E-state index contributed by atoms with van der Waals surface area (Å²) in [5, 5.41) is 6.98. The van der Waals surface area contributed by atoms with Crippen molar-refractivity contribution in [1.82, 2.24) is 0 Å². The predicted molar refractivity (Wildman–Crippen MR) is 126 cm³/mol. The minimum atomic E-state index is 0.949. The summed E-state index contributed by atoms with van der Waals surface area (Å²) in [5.74, 6) is 0. The van der Waals surface area contributed by atoms with E-state index in [-0.39, 0.29) is 0 Å². The van der Waals surface area contributed by atoms with Crippen molar-refractivity contribution in [3.63, 3.8) is 0 Å². The topological polar surface area (TPSA) is 26.3 Å². The first-order valence-corrected chi connectivity index (χ1v) is 11.0. The molecule has 0 fully saturated rings. The number of rotatable bonds is 4. The molecule has 2 heterocycles. The van der Waals surface area contributed by atoms with E-state index < -0.39 is 0 Å². The van der Waals surface area contributed by atoms with Crippen LogP contribution in [0.5, 0.6) is 0 Å². The van der Waals surface area contributed by atoms with E-state index in [1.807, 2.05) is 0 Å². The predicted octanol–water partition coefficient (Wildman–Crippen LogP) is 8.54. The summed E-state index contributed by atoms with van der Waals surface area (Å²) in [6.07, 6.45) is 4.48. The lowest BCUT2D eigenvalue weighted by Crippen LogP contribution is -1.81. The zero-order valence-corrected chi connectivity index (χ0v) is 17.4. The second kappa shape index (κ2) is 6.63. The van der Waals surface area contributed by atoms with Crippen LogP contribution in [-0.4, -0.2) is 0 Å². The molecule has 6 aromatic rings. The number of furan rings is 2. The van der Waals surface area contributed by atoms with Crippen LogP contribution >= 0.6 is 0 Å². The summed E-state index contributed by atoms with van der Waals surface area (Å²) >= 11 is 0. The zero-order valence-electron chi connectivity index (χ0n) is 17.4. The lowest BCUT2D eigenvalue weighted by Gasteiger charge is -2.00. The molecule has 0 spiro atoms. The molecule has 2 nitrogen and oxygen atoms in total. The first kappa shape index (κ1) is 17.6. The minimum Gasteiger partial charge on any atom is -0.455 e. The number of hydrogen-bond donors (Lipinski definition) is 0. The van der Waals surface area contributed by atoms with Crippen molar-refractivity contribution in [2.24, 2.45) is 0 Å². The second-order valence-corrected chi connectivity index (χ2v) is 8.34. The molecule has 0 bridgehead atoms. The Bertz CT molecular complexity index is 1440. The molecule has 4 aromatic carbocycles. The Kier molecular flexibility index (Phi) is 3.89. The van der Waals surface area contributed by atoms with Crippen LogP contribution < -0.4 is 0 Å². The Morgan fingerprint density at radius 3 is 1.30 bits per heavy atom. The molecular formula is C28H24O2. The van der Waals surface area contributed by atoms with Gasteiger partial charge in [-0.3, -0.25) is 0 Å². The van der Waals surface area contributed by atoms with Gasteiger partial charge in [-0.1, -0.05) is 38.8 Å². The molecule has 0 unspecified atom stereocenters. The van der Waals surface area contributed by atoms with Crippen molar-refractivity contribution in [3.8, 4) is 0 Å². The average molecular weight is 392 g/mol. The quantitative estimate of drug-likeness (QED) is 0.300. The van der Waals surface area contributed by atoms with Gasteiger partial charge in [-0.15, -0.1) is 0 Å². The van der Waals surface area contributed by atoms with Crippen LogP contribution in [-0.2, 0) is 12.8 Å². The Morgan fingerprint density at radius 1 is 0.500 bits per heavy atom. The van der Waals surface area contributed by atoms with Crippen molar-refractivity contribution in [2.75, 3.05) is 0 Å². The molecule has 0 radical (unpaired) electrons. The second-order valence-electron chi connectivity index (χ2n) is 8.34. The van der Waals surface area contributed by atoms with Gasteiger partial charge in [0.25, 0.3) is 0 Å². The fourth-order valence-corrected chi connectivity index (χ4v) is 4.86. The average Bonchev–Trinajstić information content (AvgIpc) is 3.32. The lowest BCUT2D eigenvalue weighted by molar-refractivity contribution is 0.669. The molecule has 0 N–H and O–H groups in total. The molecular weight excluding hydrogens is 368 g/mol. The van der Waals surface area contributed by atoms with Crippen molar-refractivity contribution < 1.29 is 8.83 Å².